The Hall–Kier alpha value is -2.93. The number of rotatable bonds is 6. The molecule has 1 aromatic rings. The van der Waals surface area contributed by atoms with E-state index in [1.54, 1.807) is 14.2 Å². The molecule has 0 saturated carbocycles. The SMILES string of the molecule is CN=C(NCCCN(C)C)N1C=C2CC(OC)=C(OC)C=C2C2(Cc3ccccc3O2)C1. The van der Waals surface area contributed by atoms with Crippen LogP contribution in [0.1, 0.15) is 18.4 Å². The minimum Gasteiger partial charge on any atom is -0.497 e. The Labute approximate surface area is 191 Å². The molecular formula is C25H34N4O3. The van der Waals surface area contributed by atoms with Crippen molar-refractivity contribution in [2.24, 2.45) is 4.99 Å². The van der Waals surface area contributed by atoms with Crippen LogP contribution in [0.4, 0.5) is 0 Å². The fourth-order valence-electron chi connectivity index (χ4n) is 4.72. The number of hydrogen-bond donors (Lipinski definition) is 1. The molecule has 1 atom stereocenters. The van der Waals surface area contributed by atoms with Crippen LogP contribution < -0.4 is 10.1 Å². The Morgan fingerprint density at radius 1 is 1.25 bits per heavy atom. The Balaban J connectivity index is 1.67. The molecule has 0 saturated heterocycles. The van der Waals surface area contributed by atoms with Gasteiger partial charge in [0.1, 0.15) is 11.5 Å². The Morgan fingerprint density at radius 3 is 2.75 bits per heavy atom. The van der Waals surface area contributed by atoms with E-state index >= 15 is 0 Å². The molecule has 1 aliphatic carbocycles. The van der Waals surface area contributed by atoms with Gasteiger partial charge in [0.2, 0.25) is 0 Å². The molecule has 0 fully saturated rings. The fourth-order valence-corrected chi connectivity index (χ4v) is 4.72. The summed E-state index contributed by atoms with van der Waals surface area (Å²) in [5.74, 6) is 3.39. The summed E-state index contributed by atoms with van der Waals surface area (Å²) in [6.45, 7) is 2.56. The van der Waals surface area contributed by atoms with Gasteiger partial charge in [-0.1, -0.05) is 18.2 Å². The molecule has 3 aliphatic rings. The van der Waals surface area contributed by atoms with Crippen molar-refractivity contribution in [1.82, 2.24) is 15.1 Å². The predicted molar refractivity (Wildman–Crippen MR) is 127 cm³/mol. The largest absolute Gasteiger partial charge is 0.497 e. The van der Waals surface area contributed by atoms with Crippen molar-refractivity contribution in [3.8, 4) is 5.75 Å². The van der Waals surface area contributed by atoms with E-state index in [4.69, 9.17) is 14.2 Å². The molecule has 7 heteroatoms. The molecule has 0 bridgehead atoms. The summed E-state index contributed by atoms with van der Waals surface area (Å²) in [7, 11) is 9.39. The van der Waals surface area contributed by atoms with Crippen LogP contribution in [0.5, 0.6) is 5.75 Å². The lowest BCUT2D eigenvalue weighted by atomic mass is 9.78. The zero-order valence-corrected chi connectivity index (χ0v) is 19.8. The molecule has 1 unspecified atom stereocenters. The van der Waals surface area contributed by atoms with Gasteiger partial charge in [0.15, 0.2) is 17.3 Å². The normalized spacial score (nSPS) is 22.3. The van der Waals surface area contributed by atoms with Gasteiger partial charge in [0, 0.05) is 38.2 Å². The van der Waals surface area contributed by atoms with Gasteiger partial charge in [-0.2, -0.15) is 0 Å². The number of methoxy groups -OCH3 is 2. The molecule has 0 amide bonds. The summed E-state index contributed by atoms with van der Waals surface area (Å²) in [6.07, 6.45) is 6.77. The van der Waals surface area contributed by atoms with Crippen molar-refractivity contribution in [3.05, 3.63) is 64.8 Å². The smallest absolute Gasteiger partial charge is 0.197 e. The maximum atomic E-state index is 6.69. The fraction of sp³-hybridized carbons (Fsp3) is 0.480. The van der Waals surface area contributed by atoms with E-state index in [1.165, 1.54) is 5.56 Å². The van der Waals surface area contributed by atoms with Gasteiger partial charge in [0.05, 0.1) is 20.8 Å². The van der Waals surface area contributed by atoms with E-state index in [1.807, 2.05) is 13.1 Å². The quantitative estimate of drug-likeness (QED) is 0.419. The average Bonchev–Trinajstić information content (AvgIpc) is 3.16. The van der Waals surface area contributed by atoms with Crippen LogP contribution in [0.3, 0.4) is 0 Å². The lowest BCUT2D eigenvalue weighted by Crippen LogP contribution is -2.54. The Morgan fingerprint density at radius 2 is 2.06 bits per heavy atom. The lowest BCUT2D eigenvalue weighted by Gasteiger charge is -2.43. The van der Waals surface area contributed by atoms with Gasteiger partial charge in [-0.25, -0.2) is 0 Å². The van der Waals surface area contributed by atoms with Gasteiger partial charge in [-0.3, -0.25) is 4.99 Å². The van der Waals surface area contributed by atoms with Crippen LogP contribution in [0.2, 0.25) is 0 Å². The van der Waals surface area contributed by atoms with Crippen molar-refractivity contribution in [2.75, 3.05) is 55.0 Å². The first kappa shape index (κ1) is 22.3. The number of hydrogen-bond acceptors (Lipinski definition) is 5. The van der Waals surface area contributed by atoms with E-state index in [2.05, 4.69) is 64.7 Å². The van der Waals surface area contributed by atoms with E-state index in [0.717, 1.165) is 60.3 Å². The molecule has 2 heterocycles. The van der Waals surface area contributed by atoms with Crippen LogP contribution in [0.25, 0.3) is 0 Å². The number of aliphatic imine (C=N–C) groups is 1. The molecule has 7 nitrogen and oxygen atoms in total. The molecule has 32 heavy (non-hydrogen) atoms. The number of allylic oxidation sites excluding steroid dienone is 2. The molecule has 172 valence electrons. The molecule has 1 aromatic carbocycles. The van der Waals surface area contributed by atoms with Gasteiger partial charge in [-0.15, -0.1) is 0 Å². The van der Waals surface area contributed by atoms with Crippen LogP contribution >= 0.6 is 0 Å². The molecule has 4 rings (SSSR count). The van der Waals surface area contributed by atoms with Crippen LogP contribution in [0, 0.1) is 0 Å². The van der Waals surface area contributed by atoms with E-state index in [0.29, 0.717) is 13.0 Å². The second-order valence-corrected chi connectivity index (χ2v) is 8.72. The summed E-state index contributed by atoms with van der Waals surface area (Å²) in [5.41, 5.74) is 3.05. The van der Waals surface area contributed by atoms with Crippen molar-refractivity contribution < 1.29 is 14.2 Å². The highest BCUT2D eigenvalue weighted by atomic mass is 16.5. The number of benzene rings is 1. The Kier molecular flexibility index (Phi) is 6.46. The third-order valence-corrected chi connectivity index (χ3v) is 6.24. The Bertz CT molecular complexity index is 952. The number of ether oxygens (including phenoxy) is 3. The topological polar surface area (TPSA) is 58.6 Å². The van der Waals surface area contributed by atoms with E-state index in [9.17, 15) is 0 Å². The van der Waals surface area contributed by atoms with E-state index in [-0.39, 0.29) is 0 Å². The van der Waals surface area contributed by atoms with Crippen molar-refractivity contribution in [2.45, 2.75) is 24.9 Å². The second-order valence-electron chi connectivity index (χ2n) is 8.72. The molecule has 0 radical (unpaired) electrons. The zero-order chi connectivity index (χ0) is 22.7. The van der Waals surface area contributed by atoms with Crippen LogP contribution in [-0.4, -0.2) is 76.4 Å². The van der Waals surface area contributed by atoms with Crippen LogP contribution in [0.15, 0.2) is 64.2 Å². The number of fused-ring (bicyclic) bond motifs is 3. The van der Waals surface area contributed by atoms with Crippen molar-refractivity contribution >= 4 is 5.96 Å². The maximum Gasteiger partial charge on any atom is 0.197 e. The molecular weight excluding hydrogens is 404 g/mol. The highest BCUT2D eigenvalue weighted by Crippen LogP contribution is 2.47. The molecule has 1 spiro atoms. The first-order valence-corrected chi connectivity index (χ1v) is 11.1. The zero-order valence-electron chi connectivity index (χ0n) is 19.8. The highest BCUT2D eigenvalue weighted by Gasteiger charge is 2.49. The number of para-hydroxylation sites is 1. The summed E-state index contributed by atoms with van der Waals surface area (Å²) in [6, 6.07) is 8.30. The predicted octanol–water partition coefficient (Wildman–Crippen LogP) is 2.92. The maximum absolute atomic E-state index is 6.69. The highest BCUT2D eigenvalue weighted by molar-refractivity contribution is 5.82. The monoisotopic (exact) mass is 438 g/mol. The van der Waals surface area contributed by atoms with Gasteiger partial charge < -0.3 is 29.3 Å². The molecule has 0 aromatic heterocycles. The van der Waals surface area contributed by atoms with E-state index < -0.39 is 5.60 Å². The third kappa shape index (κ3) is 4.21. The lowest BCUT2D eigenvalue weighted by molar-refractivity contribution is 0.106. The first-order valence-electron chi connectivity index (χ1n) is 11.1. The number of guanidine groups is 1. The molecule has 1 N–H and O–H groups in total. The third-order valence-electron chi connectivity index (χ3n) is 6.24. The summed E-state index contributed by atoms with van der Waals surface area (Å²) in [5, 5.41) is 3.52. The minimum absolute atomic E-state index is 0.502. The summed E-state index contributed by atoms with van der Waals surface area (Å²) in [4.78, 5) is 8.96. The van der Waals surface area contributed by atoms with Gasteiger partial charge >= 0.3 is 0 Å². The average molecular weight is 439 g/mol. The van der Waals surface area contributed by atoms with Crippen molar-refractivity contribution in [1.29, 1.82) is 0 Å². The van der Waals surface area contributed by atoms with Gasteiger partial charge in [-0.05, 0) is 50.3 Å². The molecule has 2 aliphatic heterocycles. The van der Waals surface area contributed by atoms with Crippen molar-refractivity contribution in [3.63, 3.8) is 0 Å². The minimum atomic E-state index is -0.502. The summed E-state index contributed by atoms with van der Waals surface area (Å²) >= 11 is 0. The number of nitrogens with one attached hydrogen (secondary N) is 1. The summed E-state index contributed by atoms with van der Waals surface area (Å²) < 4.78 is 18.0. The second kappa shape index (κ2) is 9.28. The van der Waals surface area contributed by atoms with Crippen LogP contribution in [-0.2, 0) is 15.9 Å². The number of nitrogens with zero attached hydrogens (tertiary/aromatic N) is 3. The van der Waals surface area contributed by atoms with Gasteiger partial charge in [0.25, 0.3) is 0 Å². The standard InChI is InChI=1S/C25H34N4O3/c1-26-24(27-11-8-12-28(2)3)29-16-19-13-22(30-4)23(31-5)14-20(19)25(17-29)15-18-9-6-7-10-21(18)32-25/h6-7,9-10,14,16H,8,11-13,15,17H2,1-5H3,(H,26,27). The first-order chi connectivity index (χ1) is 15.5.